The molecule has 16 atom stereocenters. The van der Waals surface area contributed by atoms with Crippen LogP contribution in [0.25, 0.3) is 0 Å². The lowest BCUT2D eigenvalue weighted by atomic mass is 9.88. The van der Waals surface area contributed by atoms with Crippen molar-refractivity contribution < 1.29 is 93.1 Å². The number of benzene rings is 3. The van der Waals surface area contributed by atoms with Crippen molar-refractivity contribution in [1.82, 2.24) is 10.6 Å². The lowest BCUT2D eigenvalue weighted by molar-refractivity contribution is -0.384. The van der Waals surface area contributed by atoms with Crippen LogP contribution in [0.2, 0.25) is 0 Å². The third kappa shape index (κ3) is 13.4. The molecule has 10 N–H and O–H groups in total. The molecule has 3 fully saturated rings. The summed E-state index contributed by atoms with van der Waals surface area (Å²) in [7, 11) is 0. The first kappa shape index (κ1) is 51.9. The fraction of sp³-hybridized carbons (Fsp3) is 0.543. The van der Waals surface area contributed by atoms with E-state index in [4.69, 9.17) is 37.9 Å². The van der Waals surface area contributed by atoms with E-state index in [1.807, 2.05) is 30.3 Å². The molecule has 0 radical (unpaired) electrons. The van der Waals surface area contributed by atoms with Gasteiger partial charge in [-0.3, -0.25) is 9.59 Å². The van der Waals surface area contributed by atoms with E-state index in [-0.39, 0.29) is 26.4 Å². The molecule has 368 valence electrons. The number of carboxylic acid groups (broad SMARTS) is 1. The van der Waals surface area contributed by atoms with Crippen molar-refractivity contribution in [2.75, 3.05) is 19.8 Å². The van der Waals surface area contributed by atoms with Crippen LogP contribution in [-0.4, -0.2) is 176 Å². The molecule has 2 amide bonds. The maximum atomic E-state index is 13.3. The van der Waals surface area contributed by atoms with Gasteiger partial charge >= 0.3 is 5.97 Å². The van der Waals surface area contributed by atoms with Crippen LogP contribution >= 0.6 is 0 Å². The average molecular weight is 945 g/mol. The molecule has 3 aliphatic heterocycles. The fourth-order valence-corrected chi connectivity index (χ4v) is 8.22. The quantitative estimate of drug-likeness (QED) is 0.0587. The molecule has 0 bridgehead atoms. The Bertz CT molecular complexity index is 2010. The predicted octanol–water partition coefficient (Wildman–Crippen LogP) is -1.41. The number of carbonyl (C=O) groups excluding carboxylic acids is 2. The number of aliphatic hydroxyl groups is 7. The van der Waals surface area contributed by atoms with E-state index in [1.165, 1.54) is 6.92 Å². The molecule has 3 saturated heterocycles. The topological polar surface area (TPSA) is 311 Å². The number of amides is 2. The number of carboxylic acids is 1. The number of nitrogens with one attached hydrogen (secondary N) is 2. The maximum absolute atomic E-state index is 13.3. The van der Waals surface area contributed by atoms with Gasteiger partial charge in [0.15, 0.2) is 12.6 Å². The van der Waals surface area contributed by atoms with Crippen molar-refractivity contribution in [3.05, 3.63) is 108 Å². The lowest BCUT2D eigenvalue weighted by Crippen LogP contribution is -2.71. The number of aliphatic carboxylic acids is 1. The van der Waals surface area contributed by atoms with Gasteiger partial charge in [0.25, 0.3) is 5.79 Å². The van der Waals surface area contributed by atoms with Gasteiger partial charge in [0.2, 0.25) is 11.8 Å². The summed E-state index contributed by atoms with van der Waals surface area (Å²) >= 11 is 0. The third-order valence-corrected chi connectivity index (χ3v) is 11.6. The van der Waals surface area contributed by atoms with Crippen molar-refractivity contribution in [2.45, 2.75) is 138 Å². The Kier molecular flexibility index (Phi) is 18.7. The van der Waals surface area contributed by atoms with Crippen LogP contribution in [0.15, 0.2) is 91.0 Å². The molecule has 21 nitrogen and oxygen atoms in total. The third-order valence-electron chi connectivity index (χ3n) is 11.6. The maximum Gasteiger partial charge on any atom is 0.364 e. The molecule has 0 aliphatic carbocycles. The largest absolute Gasteiger partial charge is 0.477 e. The van der Waals surface area contributed by atoms with Crippen LogP contribution < -0.4 is 10.6 Å². The molecule has 0 saturated carbocycles. The summed E-state index contributed by atoms with van der Waals surface area (Å²) in [6, 6.07) is 24.2. The molecule has 21 heteroatoms. The lowest BCUT2D eigenvalue weighted by Gasteiger charge is -2.51. The molecule has 0 unspecified atom stereocenters. The second-order valence-corrected chi connectivity index (χ2v) is 16.6. The first-order chi connectivity index (χ1) is 32.1. The summed E-state index contributed by atoms with van der Waals surface area (Å²) in [6.45, 7) is 0.639. The van der Waals surface area contributed by atoms with Crippen LogP contribution in [-0.2, 0) is 72.1 Å². The van der Waals surface area contributed by atoms with Crippen LogP contribution in [0.4, 0.5) is 0 Å². The van der Waals surface area contributed by atoms with Crippen LogP contribution in [0, 0.1) is 0 Å². The van der Waals surface area contributed by atoms with Gasteiger partial charge in [-0.25, -0.2) is 4.79 Å². The molecule has 3 aliphatic rings. The van der Waals surface area contributed by atoms with Gasteiger partial charge in [0.1, 0.15) is 67.1 Å². The minimum Gasteiger partial charge on any atom is -0.477 e. The predicted molar refractivity (Wildman–Crippen MR) is 229 cm³/mol. The highest BCUT2D eigenvalue weighted by molar-refractivity contribution is 5.76. The van der Waals surface area contributed by atoms with E-state index >= 15 is 0 Å². The summed E-state index contributed by atoms with van der Waals surface area (Å²) in [5.41, 5.74) is 2.24. The van der Waals surface area contributed by atoms with Crippen LogP contribution in [0.5, 0.6) is 0 Å². The molecule has 0 aromatic heterocycles. The first-order valence-electron chi connectivity index (χ1n) is 21.8. The van der Waals surface area contributed by atoms with Gasteiger partial charge in [-0.05, 0) is 16.7 Å². The second kappa shape index (κ2) is 24.2. The van der Waals surface area contributed by atoms with Gasteiger partial charge in [0.05, 0.1) is 51.8 Å². The van der Waals surface area contributed by atoms with Gasteiger partial charge in [-0.1, -0.05) is 91.0 Å². The molecule has 3 aromatic rings. The molecule has 3 aromatic carbocycles. The van der Waals surface area contributed by atoms with Gasteiger partial charge in [0, 0.05) is 20.3 Å². The Labute approximate surface area is 386 Å². The summed E-state index contributed by atoms with van der Waals surface area (Å²) in [5, 5.41) is 93.7. The molecule has 6 rings (SSSR count). The van der Waals surface area contributed by atoms with Crippen molar-refractivity contribution >= 4 is 17.8 Å². The average Bonchev–Trinajstić information content (AvgIpc) is 3.31. The molecule has 3 heterocycles. The number of rotatable bonds is 21. The minimum absolute atomic E-state index is 0.0155. The SMILES string of the molecule is CC(=O)N[C@@H]1[C@@H](OCc2ccccc2)[C@H](O[C@@H]2O[C@H](COCc3ccccc3)[C@H](O)[C@H](O[C@]3(C(=O)O)C[C@H](O)[C@@H](NC(C)=O)[C@H]([C@H](O)[C@H](O)CO)O3)[C@H]2O)[C@@H](COCc2ccccc2)O[C@H]1O. The monoisotopic (exact) mass is 944 g/mol. The van der Waals surface area contributed by atoms with E-state index in [0.717, 1.165) is 18.1 Å². The second-order valence-electron chi connectivity index (χ2n) is 16.6. The summed E-state index contributed by atoms with van der Waals surface area (Å²) < 4.78 is 49.1. The Balaban J connectivity index is 1.36. The Hall–Kier alpha value is -4.53. The molecule has 67 heavy (non-hydrogen) atoms. The van der Waals surface area contributed by atoms with E-state index in [9.17, 15) is 55.2 Å². The standard InChI is InChI=1S/C46H60N2O19/c1-25(50)47-34-30(52)18-46(45(58)59,66-40(34)36(54)31(53)19-49)67-42-37(55)32(23-60-20-27-12-6-3-7-13-27)64-44(38(42)56)65-39-33(24-61-21-28-14-8-4-9-15-28)63-43(57)35(48-26(2)51)41(39)62-22-29-16-10-5-11-17-29/h3-17,30-44,49,52-57H,18-24H2,1-2H3,(H,47,50)(H,48,51)(H,58,59)/t30-,31+,32+,33+,34+,35+,36+,37-,38+,39+,40+,41+,42-,43+,44-,46-/m0/s1. The highest BCUT2D eigenvalue weighted by Crippen LogP contribution is 2.39. The molecular weight excluding hydrogens is 885 g/mol. The zero-order valence-electron chi connectivity index (χ0n) is 36.8. The first-order valence-corrected chi connectivity index (χ1v) is 21.8. The van der Waals surface area contributed by atoms with E-state index in [0.29, 0.717) is 5.56 Å². The van der Waals surface area contributed by atoms with Gasteiger partial charge in [-0.15, -0.1) is 0 Å². The number of ether oxygens (including phenoxy) is 8. The molecule has 0 spiro atoms. The Morgan fingerprint density at radius 1 is 0.701 bits per heavy atom. The highest BCUT2D eigenvalue weighted by atomic mass is 16.8. The molecular formula is C46H60N2O19. The number of aliphatic hydroxyl groups excluding tert-OH is 7. The van der Waals surface area contributed by atoms with Crippen molar-refractivity contribution in [3.63, 3.8) is 0 Å². The smallest absolute Gasteiger partial charge is 0.364 e. The van der Waals surface area contributed by atoms with Gasteiger partial charge < -0.3 is 89.4 Å². The normalized spacial score (nSPS) is 33.0. The van der Waals surface area contributed by atoms with E-state index in [1.54, 1.807) is 60.7 Å². The fourth-order valence-electron chi connectivity index (χ4n) is 8.22. The number of hydrogen-bond donors (Lipinski definition) is 10. The van der Waals surface area contributed by atoms with Crippen molar-refractivity contribution in [3.8, 4) is 0 Å². The van der Waals surface area contributed by atoms with Crippen molar-refractivity contribution in [1.29, 1.82) is 0 Å². The Morgan fingerprint density at radius 2 is 1.22 bits per heavy atom. The van der Waals surface area contributed by atoms with Gasteiger partial charge in [-0.2, -0.15) is 0 Å². The van der Waals surface area contributed by atoms with E-state index < -0.39 is 135 Å². The van der Waals surface area contributed by atoms with E-state index in [2.05, 4.69) is 10.6 Å². The zero-order valence-corrected chi connectivity index (χ0v) is 36.8. The van der Waals surface area contributed by atoms with Crippen LogP contribution in [0.1, 0.15) is 37.0 Å². The highest BCUT2D eigenvalue weighted by Gasteiger charge is 2.60. The zero-order chi connectivity index (χ0) is 48.3. The minimum atomic E-state index is -3.02. The number of hydrogen-bond acceptors (Lipinski definition) is 18. The van der Waals surface area contributed by atoms with Crippen LogP contribution in [0.3, 0.4) is 0 Å². The number of carbonyl (C=O) groups is 3. The Morgan fingerprint density at radius 3 is 1.75 bits per heavy atom. The summed E-state index contributed by atoms with van der Waals surface area (Å²) in [4.78, 5) is 38.0. The summed E-state index contributed by atoms with van der Waals surface area (Å²) in [6.07, 6.45) is -23.9. The summed E-state index contributed by atoms with van der Waals surface area (Å²) in [5.74, 6) is -6.23. The van der Waals surface area contributed by atoms with Crippen molar-refractivity contribution in [2.24, 2.45) is 0 Å².